The van der Waals surface area contributed by atoms with Crippen molar-refractivity contribution in [2.45, 2.75) is 37.1 Å². The van der Waals surface area contributed by atoms with Gasteiger partial charge in [0.15, 0.2) is 0 Å². The van der Waals surface area contributed by atoms with Gasteiger partial charge < -0.3 is 4.90 Å². The molecule has 0 bridgehead atoms. The lowest BCUT2D eigenvalue weighted by atomic mass is 10.1. The molecule has 1 atom stereocenters. The molecule has 0 spiro atoms. The van der Waals surface area contributed by atoms with E-state index in [0.29, 0.717) is 0 Å². The van der Waals surface area contributed by atoms with Crippen molar-refractivity contribution in [1.82, 2.24) is 4.90 Å². The predicted molar refractivity (Wildman–Crippen MR) is 85.1 cm³/mol. The summed E-state index contributed by atoms with van der Waals surface area (Å²) in [5.41, 5.74) is 2.85. The van der Waals surface area contributed by atoms with Crippen LogP contribution in [0.3, 0.4) is 0 Å². The average Bonchev–Trinajstić information content (AvgIpc) is 2.98. The lowest BCUT2D eigenvalue weighted by Crippen LogP contribution is -2.40. The Balaban J connectivity index is 1.67. The smallest absolute Gasteiger partial charge is 0.0407 e. The van der Waals surface area contributed by atoms with Crippen LogP contribution >= 0.6 is 15.9 Å². The minimum Gasteiger partial charge on any atom is -0.370 e. The number of piperidine rings is 1. The normalized spacial score (nSPS) is 24.9. The molecule has 2 nitrogen and oxygen atoms in total. The van der Waals surface area contributed by atoms with Crippen molar-refractivity contribution in [3.8, 4) is 0 Å². The van der Waals surface area contributed by atoms with Crippen LogP contribution < -0.4 is 4.90 Å². The third-order valence-corrected chi connectivity index (χ3v) is 5.15. The molecule has 2 saturated heterocycles. The molecule has 2 fully saturated rings. The maximum atomic E-state index is 3.61. The molecule has 1 unspecified atom stereocenters. The first kappa shape index (κ1) is 13.4. The molecule has 0 amide bonds. The summed E-state index contributed by atoms with van der Waals surface area (Å²) in [5.74, 6) is 0. The van der Waals surface area contributed by atoms with Crippen LogP contribution in [0.4, 0.5) is 5.69 Å². The summed E-state index contributed by atoms with van der Waals surface area (Å²) in [6, 6.07) is 9.59. The fourth-order valence-corrected chi connectivity index (χ4v) is 3.95. The number of nitrogens with zero attached hydrogens (tertiary/aromatic N) is 2. The fourth-order valence-electron chi connectivity index (χ4n) is 3.47. The van der Waals surface area contributed by atoms with Gasteiger partial charge >= 0.3 is 0 Å². The molecule has 0 saturated carbocycles. The molecule has 0 N–H and O–H groups in total. The SMILES string of the molecule is BrCc1ccccc1N1CCC(N2CCCCC2)C1. The first-order chi connectivity index (χ1) is 9.38. The van der Waals surface area contributed by atoms with Crippen molar-refractivity contribution in [2.24, 2.45) is 0 Å². The van der Waals surface area contributed by atoms with Gasteiger partial charge in [-0.15, -0.1) is 0 Å². The Labute approximate surface area is 124 Å². The van der Waals surface area contributed by atoms with Crippen molar-refractivity contribution in [3.05, 3.63) is 29.8 Å². The van der Waals surface area contributed by atoms with Crippen LogP contribution in [-0.2, 0) is 5.33 Å². The van der Waals surface area contributed by atoms with Crippen LogP contribution in [-0.4, -0.2) is 37.1 Å². The van der Waals surface area contributed by atoms with Gasteiger partial charge in [-0.1, -0.05) is 40.5 Å². The standard InChI is InChI=1S/C16H23BrN2/c17-12-14-6-2-3-7-16(14)19-11-8-15(13-19)18-9-4-1-5-10-18/h2-3,6-7,15H,1,4-5,8-13H2. The number of alkyl halides is 1. The van der Waals surface area contributed by atoms with Gasteiger partial charge in [0.05, 0.1) is 0 Å². The number of hydrogen-bond donors (Lipinski definition) is 0. The second kappa shape index (κ2) is 6.27. The van der Waals surface area contributed by atoms with E-state index in [2.05, 4.69) is 50.0 Å². The number of anilines is 1. The van der Waals surface area contributed by atoms with Gasteiger partial charge in [0.2, 0.25) is 0 Å². The number of rotatable bonds is 3. The van der Waals surface area contributed by atoms with Crippen molar-refractivity contribution in [3.63, 3.8) is 0 Å². The zero-order valence-electron chi connectivity index (χ0n) is 11.5. The Morgan fingerprint density at radius 2 is 1.84 bits per heavy atom. The number of hydrogen-bond acceptors (Lipinski definition) is 2. The maximum Gasteiger partial charge on any atom is 0.0407 e. The maximum absolute atomic E-state index is 3.61. The molecular weight excluding hydrogens is 300 g/mol. The minimum absolute atomic E-state index is 0.781. The Bertz CT molecular complexity index is 415. The zero-order chi connectivity index (χ0) is 13.1. The first-order valence-electron chi connectivity index (χ1n) is 7.51. The van der Waals surface area contributed by atoms with Crippen molar-refractivity contribution < 1.29 is 0 Å². The predicted octanol–water partition coefficient (Wildman–Crippen LogP) is 3.65. The van der Waals surface area contributed by atoms with E-state index in [-0.39, 0.29) is 0 Å². The van der Waals surface area contributed by atoms with E-state index in [0.717, 1.165) is 11.4 Å². The van der Waals surface area contributed by atoms with Gasteiger partial charge in [-0.3, -0.25) is 4.90 Å². The van der Waals surface area contributed by atoms with Gasteiger partial charge in [0, 0.05) is 30.1 Å². The number of benzene rings is 1. The quantitative estimate of drug-likeness (QED) is 0.784. The third kappa shape index (κ3) is 2.97. The van der Waals surface area contributed by atoms with E-state index in [4.69, 9.17) is 0 Å². The molecule has 1 aromatic rings. The van der Waals surface area contributed by atoms with Crippen LogP contribution in [0.1, 0.15) is 31.2 Å². The molecule has 3 heteroatoms. The molecule has 0 aliphatic carbocycles. The summed E-state index contributed by atoms with van der Waals surface area (Å²) in [5, 5.41) is 0.952. The summed E-state index contributed by atoms with van der Waals surface area (Å²) >= 11 is 3.61. The second-order valence-corrected chi connectivity index (χ2v) is 6.31. The number of para-hydroxylation sites is 1. The Morgan fingerprint density at radius 3 is 2.63 bits per heavy atom. The highest BCUT2D eigenvalue weighted by atomic mass is 79.9. The van der Waals surface area contributed by atoms with E-state index in [1.807, 2.05) is 0 Å². The number of likely N-dealkylation sites (tertiary alicyclic amines) is 1. The Morgan fingerprint density at radius 1 is 1.05 bits per heavy atom. The molecular formula is C16H23BrN2. The summed E-state index contributed by atoms with van der Waals surface area (Å²) in [7, 11) is 0. The summed E-state index contributed by atoms with van der Waals surface area (Å²) in [6.07, 6.45) is 5.55. The van der Waals surface area contributed by atoms with Crippen LogP contribution in [0.15, 0.2) is 24.3 Å². The van der Waals surface area contributed by atoms with E-state index < -0.39 is 0 Å². The highest BCUT2D eigenvalue weighted by molar-refractivity contribution is 9.08. The molecule has 0 aromatic heterocycles. The van der Waals surface area contributed by atoms with Gasteiger partial charge in [-0.25, -0.2) is 0 Å². The molecule has 19 heavy (non-hydrogen) atoms. The monoisotopic (exact) mass is 322 g/mol. The molecule has 104 valence electrons. The van der Waals surface area contributed by atoms with Crippen LogP contribution in [0, 0.1) is 0 Å². The van der Waals surface area contributed by atoms with Crippen molar-refractivity contribution >= 4 is 21.6 Å². The fraction of sp³-hybridized carbons (Fsp3) is 0.625. The molecule has 2 heterocycles. The number of halogens is 1. The molecule has 0 radical (unpaired) electrons. The molecule has 2 aliphatic heterocycles. The lowest BCUT2D eigenvalue weighted by molar-refractivity contribution is 0.175. The van der Waals surface area contributed by atoms with E-state index in [1.165, 1.54) is 63.1 Å². The van der Waals surface area contributed by atoms with E-state index in [1.54, 1.807) is 0 Å². The summed E-state index contributed by atoms with van der Waals surface area (Å²) < 4.78 is 0. The van der Waals surface area contributed by atoms with Gasteiger partial charge in [-0.05, 0) is 44.0 Å². The van der Waals surface area contributed by atoms with Crippen LogP contribution in [0.5, 0.6) is 0 Å². The lowest BCUT2D eigenvalue weighted by Gasteiger charge is -2.32. The van der Waals surface area contributed by atoms with Gasteiger partial charge in [0.1, 0.15) is 0 Å². The van der Waals surface area contributed by atoms with Gasteiger partial charge in [0.25, 0.3) is 0 Å². The van der Waals surface area contributed by atoms with Crippen LogP contribution in [0.2, 0.25) is 0 Å². The highest BCUT2D eigenvalue weighted by Gasteiger charge is 2.29. The first-order valence-corrected chi connectivity index (χ1v) is 8.63. The third-order valence-electron chi connectivity index (χ3n) is 4.55. The van der Waals surface area contributed by atoms with E-state index >= 15 is 0 Å². The van der Waals surface area contributed by atoms with Crippen molar-refractivity contribution in [2.75, 3.05) is 31.1 Å². The molecule has 1 aromatic carbocycles. The summed E-state index contributed by atoms with van der Waals surface area (Å²) in [4.78, 5) is 5.30. The zero-order valence-corrected chi connectivity index (χ0v) is 13.1. The van der Waals surface area contributed by atoms with Crippen LogP contribution in [0.25, 0.3) is 0 Å². The average molecular weight is 323 g/mol. The second-order valence-electron chi connectivity index (χ2n) is 5.75. The Kier molecular flexibility index (Phi) is 4.44. The Hall–Kier alpha value is -0.540. The molecule has 3 rings (SSSR count). The molecule has 2 aliphatic rings. The topological polar surface area (TPSA) is 6.48 Å². The highest BCUT2D eigenvalue weighted by Crippen LogP contribution is 2.28. The largest absolute Gasteiger partial charge is 0.370 e. The minimum atomic E-state index is 0.781. The van der Waals surface area contributed by atoms with Gasteiger partial charge in [-0.2, -0.15) is 0 Å². The van der Waals surface area contributed by atoms with Crippen molar-refractivity contribution in [1.29, 1.82) is 0 Å². The van der Waals surface area contributed by atoms with E-state index in [9.17, 15) is 0 Å². The summed E-state index contributed by atoms with van der Waals surface area (Å²) in [6.45, 7) is 5.06.